The summed E-state index contributed by atoms with van der Waals surface area (Å²) in [5, 5.41) is 10.7. The van der Waals surface area contributed by atoms with E-state index in [2.05, 4.69) is 16.0 Å². The lowest BCUT2D eigenvalue weighted by molar-refractivity contribution is 0.0914. The first-order chi connectivity index (χ1) is 11.5. The molecular formula is C18H19N3O3. The van der Waals surface area contributed by atoms with Gasteiger partial charge in [-0.2, -0.15) is 0 Å². The molecule has 0 aliphatic carbocycles. The van der Waals surface area contributed by atoms with Crippen molar-refractivity contribution in [1.29, 1.82) is 0 Å². The maximum atomic E-state index is 12.4. The highest BCUT2D eigenvalue weighted by Crippen LogP contribution is 2.16. The van der Waals surface area contributed by atoms with Crippen LogP contribution >= 0.6 is 0 Å². The van der Waals surface area contributed by atoms with Gasteiger partial charge in [0.2, 0.25) is 0 Å². The Morgan fingerprint density at radius 1 is 1.25 bits per heavy atom. The van der Waals surface area contributed by atoms with Crippen molar-refractivity contribution < 1.29 is 9.84 Å². The molecule has 0 bridgehead atoms. The van der Waals surface area contributed by atoms with Crippen LogP contribution in [-0.4, -0.2) is 32.4 Å². The van der Waals surface area contributed by atoms with Crippen LogP contribution in [0.2, 0.25) is 0 Å². The molecule has 0 amide bonds. The second-order valence-corrected chi connectivity index (χ2v) is 5.88. The number of nitrogens with zero attached hydrogens (tertiary/aromatic N) is 3. The van der Waals surface area contributed by atoms with Gasteiger partial charge in [-0.05, 0) is 43.2 Å². The van der Waals surface area contributed by atoms with Crippen molar-refractivity contribution in [2.24, 2.45) is 0 Å². The number of rotatable bonds is 5. The number of ether oxygens (including phenoxy) is 1. The molecule has 0 saturated heterocycles. The highest BCUT2D eigenvalue weighted by molar-refractivity contribution is 5.75. The standard InChI is InChI=1S/C18H19N3O3/c1-12-5-13(2)7-15(6-12)24-10-14(22)9-21-11-20-17-8-19-4-3-16(17)18(21)23/h3-8,11,14,22H,9-10H2,1-2H3. The summed E-state index contributed by atoms with van der Waals surface area (Å²) in [5.41, 5.74) is 2.54. The van der Waals surface area contributed by atoms with Crippen LogP contribution < -0.4 is 10.3 Å². The quantitative estimate of drug-likeness (QED) is 0.774. The second kappa shape index (κ2) is 6.80. The van der Waals surface area contributed by atoms with Gasteiger partial charge in [-0.25, -0.2) is 4.98 Å². The van der Waals surface area contributed by atoms with Crippen molar-refractivity contribution in [3.05, 3.63) is 64.5 Å². The van der Waals surface area contributed by atoms with Gasteiger partial charge in [0.1, 0.15) is 18.5 Å². The second-order valence-electron chi connectivity index (χ2n) is 5.88. The third-order valence-electron chi connectivity index (χ3n) is 3.67. The first-order valence-corrected chi connectivity index (χ1v) is 7.71. The van der Waals surface area contributed by atoms with Crippen LogP contribution in [0, 0.1) is 13.8 Å². The molecule has 3 rings (SSSR count). The summed E-state index contributed by atoms with van der Waals surface area (Å²) >= 11 is 0. The van der Waals surface area contributed by atoms with E-state index in [1.165, 1.54) is 10.9 Å². The van der Waals surface area contributed by atoms with E-state index in [0.29, 0.717) is 16.7 Å². The molecule has 6 nitrogen and oxygen atoms in total. The minimum atomic E-state index is -0.815. The van der Waals surface area contributed by atoms with E-state index in [0.717, 1.165) is 11.1 Å². The molecule has 1 unspecified atom stereocenters. The van der Waals surface area contributed by atoms with Crippen LogP contribution in [0.4, 0.5) is 0 Å². The van der Waals surface area contributed by atoms with E-state index < -0.39 is 6.10 Å². The molecule has 0 aliphatic rings. The fourth-order valence-electron chi connectivity index (χ4n) is 2.63. The lowest BCUT2D eigenvalue weighted by atomic mass is 10.1. The van der Waals surface area contributed by atoms with Crippen molar-refractivity contribution >= 4 is 10.9 Å². The topological polar surface area (TPSA) is 77.2 Å². The van der Waals surface area contributed by atoms with Crippen LogP contribution in [0.15, 0.2) is 47.8 Å². The van der Waals surface area contributed by atoms with Gasteiger partial charge in [0.25, 0.3) is 5.56 Å². The predicted molar refractivity (Wildman–Crippen MR) is 91.2 cm³/mol. The molecule has 1 N–H and O–H groups in total. The van der Waals surface area contributed by atoms with Gasteiger partial charge >= 0.3 is 0 Å². The van der Waals surface area contributed by atoms with Gasteiger partial charge in [-0.3, -0.25) is 14.3 Å². The number of fused-ring (bicyclic) bond motifs is 1. The molecular weight excluding hydrogens is 306 g/mol. The van der Waals surface area contributed by atoms with E-state index in [9.17, 15) is 9.90 Å². The summed E-state index contributed by atoms with van der Waals surface area (Å²) in [6, 6.07) is 7.50. The number of pyridine rings is 1. The van der Waals surface area contributed by atoms with E-state index in [-0.39, 0.29) is 18.7 Å². The smallest absolute Gasteiger partial charge is 0.261 e. The van der Waals surface area contributed by atoms with E-state index in [4.69, 9.17) is 4.74 Å². The molecule has 2 heterocycles. The lowest BCUT2D eigenvalue weighted by Gasteiger charge is -2.14. The zero-order chi connectivity index (χ0) is 17.1. The molecule has 0 spiro atoms. The van der Waals surface area contributed by atoms with Crippen LogP contribution in [0.25, 0.3) is 10.9 Å². The Morgan fingerprint density at radius 2 is 2.00 bits per heavy atom. The maximum Gasteiger partial charge on any atom is 0.261 e. The number of aromatic nitrogens is 3. The molecule has 0 aliphatic heterocycles. The van der Waals surface area contributed by atoms with Crippen LogP contribution in [0.3, 0.4) is 0 Å². The molecule has 1 aromatic carbocycles. The fraction of sp³-hybridized carbons (Fsp3) is 0.278. The average molecular weight is 325 g/mol. The number of aliphatic hydroxyl groups excluding tert-OH is 1. The lowest BCUT2D eigenvalue weighted by Crippen LogP contribution is -2.30. The maximum absolute atomic E-state index is 12.4. The van der Waals surface area contributed by atoms with Gasteiger partial charge in [-0.1, -0.05) is 6.07 Å². The number of hydrogen-bond acceptors (Lipinski definition) is 5. The van der Waals surface area contributed by atoms with E-state index in [1.54, 1.807) is 18.5 Å². The highest BCUT2D eigenvalue weighted by Gasteiger charge is 2.10. The summed E-state index contributed by atoms with van der Waals surface area (Å²) in [6.45, 7) is 4.20. The number of aryl methyl sites for hydroxylation is 2. The van der Waals surface area contributed by atoms with Crippen LogP contribution in [0.1, 0.15) is 11.1 Å². The first kappa shape index (κ1) is 16.1. The molecule has 24 heavy (non-hydrogen) atoms. The van der Waals surface area contributed by atoms with Crippen molar-refractivity contribution in [2.45, 2.75) is 26.5 Å². The zero-order valence-corrected chi connectivity index (χ0v) is 13.6. The summed E-state index contributed by atoms with van der Waals surface area (Å²) in [6.07, 6.45) is 3.70. The minimum absolute atomic E-state index is 0.101. The Bertz CT molecular complexity index is 901. The Kier molecular flexibility index (Phi) is 4.57. The normalized spacial score (nSPS) is 12.3. The van der Waals surface area contributed by atoms with Crippen LogP contribution in [-0.2, 0) is 6.54 Å². The molecule has 0 saturated carbocycles. The Morgan fingerprint density at radius 3 is 2.75 bits per heavy atom. The van der Waals surface area contributed by atoms with Gasteiger partial charge < -0.3 is 9.84 Å². The fourth-order valence-corrected chi connectivity index (χ4v) is 2.63. The molecule has 124 valence electrons. The highest BCUT2D eigenvalue weighted by atomic mass is 16.5. The first-order valence-electron chi connectivity index (χ1n) is 7.71. The Balaban J connectivity index is 1.70. The van der Waals surface area contributed by atoms with Crippen LogP contribution in [0.5, 0.6) is 5.75 Å². The van der Waals surface area contributed by atoms with Crippen molar-refractivity contribution in [1.82, 2.24) is 14.5 Å². The largest absolute Gasteiger partial charge is 0.491 e. The van der Waals surface area contributed by atoms with E-state index >= 15 is 0 Å². The molecule has 0 fully saturated rings. The third kappa shape index (κ3) is 3.60. The number of aliphatic hydroxyl groups is 1. The van der Waals surface area contributed by atoms with Crippen molar-refractivity contribution in [2.75, 3.05) is 6.61 Å². The van der Waals surface area contributed by atoms with Gasteiger partial charge in [0, 0.05) is 6.20 Å². The molecule has 3 aromatic rings. The van der Waals surface area contributed by atoms with Gasteiger partial charge in [0.15, 0.2) is 0 Å². The van der Waals surface area contributed by atoms with E-state index in [1.807, 2.05) is 26.0 Å². The summed E-state index contributed by atoms with van der Waals surface area (Å²) in [7, 11) is 0. The molecule has 1 atom stereocenters. The Hall–Kier alpha value is -2.73. The summed E-state index contributed by atoms with van der Waals surface area (Å²) < 4.78 is 7.02. The third-order valence-corrected chi connectivity index (χ3v) is 3.67. The average Bonchev–Trinajstić information content (AvgIpc) is 2.55. The van der Waals surface area contributed by atoms with Gasteiger partial charge in [-0.15, -0.1) is 0 Å². The molecule has 2 aromatic heterocycles. The zero-order valence-electron chi connectivity index (χ0n) is 13.6. The van der Waals surface area contributed by atoms with Gasteiger partial charge in [0.05, 0.1) is 30.0 Å². The number of hydrogen-bond donors (Lipinski definition) is 1. The SMILES string of the molecule is Cc1cc(C)cc(OCC(O)Cn2cnc3cnccc3c2=O)c1. The predicted octanol–water partition coefficient (Wildman–Crippen LogP) is 1.85. The molecule has 6 heteroatoms. The summed E-state index contributed by atoms with van der Waals surface area (Å²) in [4.78, 5) is 20.5. The van der Waals surface area contributed by atoms with Crippen molar-refractivity contribution in [3.8, 4) is 5.75 Å². The summed E-state index contributed by atoms with van der Waals surface area (Å²) in [5.74, 6) is 0.710. The number of benzene rings is 1. The van der Waals surface area contributed by atoms with Crippen molar-refractivity contribution in [3.63, 3.8) is 0 Å². The minimum Gasteiger partial charge on any atom is -0.491 e. The monoisotopic (exact) mass is 325 g/mol. The molecule has 0 radical (unpaired) electrons. The Labute approximate surface area is 139 Å².